The second kappa shape index (κ2) is 7.27. The van der Waals surface area contributed by atoms with Gasteiger partial charge in [0.25, 0.3) is 5.56 Å². The van der Waals surface area contributed by atoms with Gasteiger partial charge in [-0.1, -0.05) is 29.3 Å². The summed E-state index contributed by atoms with van der Waals surface area (Å²) in [6.07, 6.45) is 0. The molecule has 0 N–H and O–H groups in total. The molecule has 0 saturated carbocycles. The summed E-state index contributed by atoms with van der Waals surface area (Å²) in [5, 5.41) is 1.01. The monoisotopic (exact) mass is 423 g/mol. The van der Waals surface area contributed by atoms with E-state index in [4.69, 9.17) is 27.9 Å². The number of anilines is 1. The van der Waals surface area contributed by atoms with Gasteiger partial charge in [-0.3, -0.25) is 18.5 Å². The van der Waals surface area contributed by atoms with E-state index < -0.39 is 11.2 Å². The topological polar surface area (TPSA) is 74.3 Å². The van der Waals surface area contributed by atoms with E-state index in [0.29, 0.717) is 59.0 Å². The van der Waals surface area contributed by atoms with Crippen molar-refractivity contribution in [3.8, 4) is 0 Å². The van der Waals surface area contributed by atoms with Crippen molar-refractivity contribution < 1.29 is 4.74 Å². The van der Waals surface area contributed by atoms with E-state index in [1.165, 1.54) is 11.6 Å². The summed E-state index contributed by atoms with van der Waals surface area (Å²) < 4.78 is 9.68. The van der Waals surface area contributed by atoms with Gasteiger partial charge < -0.3 is 9.64 Å². The number of aromatic nitrogens is 4. The van der Waals surface area contributed by atoms with E-state index in [0.717, 1.165) is 4.57 Å². The van der Waals surface area contributed by atoms with E-state index in [1.807, 2.05) is 4.90 Å². The zero-order chi connectivity index (χ0) is 20.0. The van der Waals surface area contributed by atoms with E-state index in [-0.39, 0.29) is 6.54 Å². The number of rotatable bonds is 3. The number of hydrogen-bond acceptors (Lipinski definition) is 5. The zero-order valence-electron chi connectivity index (χ0n) is 15.5. The van der Waals surface area contributed by atoms with Crippen LogP contribution in [0, 0.1) is 0 Å². The molecule has 2 aromatic heterocycles. The normalized spacial score (nSPS) is 14.8. The number of benzene rings is 1. The third-order valence-electron chi connectivity index (χ3n) is 5.00. The van der Waals surface area contributed by atoms with Crippen LogP contribution in [0.5, 0.6) is 0 Å². The molecule has 0 aliphatic carbocycles. The zero-order valence-corrected chi connectivity index (χ0v) is 17.0. The molecule has 0 radical (unpaired) electrons. The summed E-state index contributed by atoms with van der Waals surface area (Å²) in [6.45, 7) is 2.65. The SMILES string of the molecule is Cn1c(=O)c2c(nc(N3CCOCC3)n2Cc2c(Cl)cccc2Cl)n(C)c1=O. The largest absolute Gasteiger partial charge is 0.378 e. The summed E-state index contributed by atoms with van der Waals surface area (Å²) in [6, 6.07) is 5.28. The van der Waals surface area contributed by atoms with Crippen LogP contribution in [0.15, 0.2) is 27.8 Å². The third kappa shape index (κ3) is 3.01. The molecule has 1 aliphatic heterocycles. The van der Waals surface area contributed by atoms with Gasteiger partial charge >= 0.3 is 5.69 Å². The van der Waals surface area contributed by atoms with Gasteiger partial charge in [0.2, 0.25) is 5.95 Å². The molecule has 148 valence electrons. The lowest BCUT2D eigenvalue weighted by molar-refractivity contribution is 0.121. The summed E-state index contributed by atoms with van der Waals surface area (Å²) in [5.74, 6) is 0.590. The van der Waals surface area contributed by atoms with Gasteiger partial charge in [0.1, 0.15) is 0 Å². The van der Waals surface area contributed by atoms with Crippen LogP contribution in [-0.2, 0) is 25.4 Å². The first-order chi connectivity index (χ1) is 13.4. The van der Waals surface area contributed by atoms with Gasteiger partial charge in [-0.2, -0.15) is 4.98 Å². The maximum Gasteiger partial charge on any atom is 0.332 e. The molecule has 0 atom stereocenters. The smallest absolute Gasteiger partial charge is 0.332 e. The van der Waals surface area contributed by atoms with Crippen LogP contribution < -0.4 is 16.1 Å². The van der Waals surface area contributed by atoms with Crippen LogP contribution in [-0.4, -0.2) is 45.0 Å². The van der Waals surface area contributed by atoms with Gasteiger partial charge in [0.15, 0.2) is 11.2 Å². The second-order valence-corrected chi connectivity index (χ2v) is 7.49. The Morgan fingerprint density at radius 1 is 1.07 bits per heavy atom. The second-order valence-electron chi connectivity index (χ2n) is 6.68. The number of ether oxygens (including phenoxy) is 1. The average molecular weight is 424 g/mol. The van der Waals surface area contributed by atoms with Crippen LogP contribution in [0.1, 0.15) is 5.56 Å². The molecule has 0 bridgehead atoms. The van der Waals surface area contributed by atoms with Gasteiger partial charge in [-0.15, -0.1) is 0 Å². The number of imidazole rings is 1. The lowest BCUT2D eigenvalue weighted by Gasteiger charge is -2.28. The number of hydrogen-bond donors (Lipinski definition) is 0. The van der Waals surface area contributed by atoms with Crippen molar-refractivity contribution in [3.63, 3.8) is 0 Å². The fraction of sp³-hybridized carbons (Fsp3) is 0.389. The lowest BCUT2D eigenvalue weighted by Crippen LogP contribution is -2.38. The predicted octanol–water partition coefficient (Wildman–Crippen LogP) is 1.63. The highest BCUT2D eigenvalue weighted by atomic mass is 35.5. The van der Waals surface area contributed by atoms with Crippen LogP contribution in [0.4, 0.5) is 5.95 Å². The van der Waals surface area contributed by atoms with Gasteiger partial charge in [-0.25, -0.2) is 4.79 Å². The Labute approximate surface area is 170 Å². The molecule has 1 fully saturated rings. The Hall–Kier alpha value is -2.29. The first kappa shape index (κ1) is 19.0. The molecule has 3 aromatic rings. The Balaban J connectivity index is 2.01. The fourth-order valence-corrected chi connectivity index (χ4v) is 3.95. The van der Waals surface area contributed by atoms with Crippen molar-refractivity contribution in [2.45, 2.75) is 6.54 Å². The molecule has 28 heavy (non-hydrogen) atoms. The van der Waals surface area contributed by atoms with Crippen molar-refractivity contribution in [1.82, 2.24) is 18.7 Å². The first-order valence-electron chi connectivity index (χ1n) is 8.82. The highest BCUT2D eigenvalue weighted by Gasteiger charge is 2.25. The van der Waals surface area contributed by atoms with Crippen LogP contribution in [0.3, 0.4) is 0 Å². The number of aryl methyl sites for hydroxylation is 1. The Morgan fingerprint density at radius 2 is 1.71 bits per heavy atom. The number of nitrogens with zero attached hydrogens (tertiary/aromatic N) is 5. The Morgan fingerprint density at radius 3 is 2.36 bits per heavy atom. The van der Waals surface area contributed by atoms with Gasteiger partial charge in [0.05, 0.1) is 19.8 Å². The summed E-state index contributed by atoms with van der Waals surface area (Å²) in [4.78, 5) is 32.0. The third-order valence-corrected chi connectivity index (χ3v) is 5.71. The minimum absolute atomic E-state index is 0.259. The maximum atomic E-state index is 13.0. The van der Waals surface area contributed by atoms with Crippen molar-refractivity contribution in [1.29, 1.82) is 0 Å². The molecule has 0 amide bonds. The summed E-state index contributed by atoms with van der Waals surface area (Å²) in [5.41, 5.74) is 0.523. The summed E-state index contributed by atoms with van der Waals surface area (Å²) >= 11 is 12.7. The van der Waals surface area contributed by atoms with E-state index in [1.54, 1.807) is 29.8 Å². The van der Waals surface area contributed by atoms with Crippen LogP contribution >= 0.6 is 23.2 Å². The highest BCUT2D eigenvalue weighted by Crippen LogP contribution is 2.29. The van der Waals surface area contributed by atoms with Gasteiger partial charge in [0, 0.05) is 42.8 Å². The van der Waals surface area contributed by atoms with Crippen molar-refractivity contribution >= 4 is 40.3 Å². The molecule has 1 saturated heterocycles. The minimum atomic E-state index is -0.425. The molecule has 10 heteroatoms. The molecule has 8 nitrogen and oxygen atoms in total. The molecule has 4 rings (SSSR count). The van der Waals surface area contributed by atoms with E-state index in [2.05, 4.69) is 4.98 Å². The predicted molar refractivity (Wildman–Crippen MR) is 109 cm³/mol. The van der Waals surface area contributed by atoms with Crippen molar-refractivity contribution in [3.05, 3.63) is 54.6 Å². The highest BCUT2D eigenvalue weighted by molar-refractivity contribution is 6.36. The average Bonchev–Trinajstić information content (AvgIpc) is 3.08. The molecular formula is C18H19Cl2N5O3. The van der Waals surface area contributed by atoms with Crippen LogP contribution in [0.25, 0.3) is 11.2 Å². The van der Waals surface area contributed by atoms with Crippen molar-refractivity contribution in [2.75, 3.05) is 31.2 Å². The molecule has 1 aromatic carbocycles. The summed E-state index contributed by atoms with van der Waals surface area (Å²) in [7, 11) is 3.06. The maximum absolute atomic E-state index is 13.0. The molecule has 0 spiro atoms. The van der Waals surface area contributed by atoms with Crippen molar-refractivity contribution in [2.24, 2.45) is 14.1 Å². The Kier molecular flexibility index (Phi) is 4.95. The number of morpholine rings is 1. The molecule has 0 unspecified atom stereocenters. The standard InChI is InChI=1S/C18H19Cl2N5O3/c1-22-15-14(16(26)23(2)18(22)27)25(10-11-12(19)4-3-5-13(11)20)17(21-15)24-6-8-28-9-7-24/h3-5H,6-10H2,1-2H3. The van der Waals surface area contributed by atoms with E-state index in [9.17, 15) is 9.59 Å². The first-order valence-corrected chi connectivity index (χ1v) is 9.57. The molecule has 1 aliphatic rings. The molecule has 3 heterocycles. The fourth-order valence-electron chi connectivity index (χ4n) is 3.43. The quantitative estimate of drug-likeness (QED) is 0.639. The number of halogens is 2. The minimum Gasteiger partial charge on any atom is -0.378 e. The van der Waals surface area contributed by atoms with E-state index >= 15 is 0 Å². The number of fused-ring (bicyclic) bond motifs is 1. The van der Waals surface area contributed by atoms with Gasteiger partial charge in [-0.05, 0) is 12.1 Å². The van der Waals surface area contributed by atoms with Crippen LogP contribution in [0.2, 0.25) is 10.0 Å². The Bertz CT molecular complexity index is 1150. The lowest BCUT2D eigenvalue weighted by atomic mass is 10.2. The molecular weight excluding hydrogens is 405 g/mol.